The van der Waals surface area contributed by atoms with Gasteiger partial charge in [0, 0.05) is 54.6 Å². The van der Waals surface area contributed by atoms with E-state index >= 15 is 0 Å². The summed E-state index contributed by atoms with van der Waals surface area (Å²) >= 11 is 0. The maximum Gasteiger partial charge on any atom is 0.273 e. The lowest BCUT2D eigenvalue weighted by Crippen LogP contribution is -2.54. The second-order valence-corrected chi connectivity index (χ2v) is 14.2. The average Bonchev–Trinajstić information content (AvgIpc) is 3.74. The molecule has 2 aliphatic heterocycles. The number of hydrogen-bond donors (Lipinski definition) is 6. The van der Waals surface area contributed by atoms with Crippen LogP contribution in [-0.4, -0.2) is 118 Å². The van der Waals surface area contributed by atoms with Crippen LogP contribution in [0, 0.1) is 0 Å². The molecule has 2 aromatic carbocycles. The Morgan fingerprint density at radius 1 is 0.862 bits per heavy atom. The van der Waals surface area contributed by atoms with Gasteiger partial charge < -0.3 is 46.2 Å². The molecule has 0 spiro atoms. The number of nitrogens with two attached hydrogens (primary N) is 2. The van der Waals surface area contributed by atoms with Gasteiger partial charge in [0.15, 0.2) is 11.5 Å². The number of benzene rings is 2. The highest BCUT2D eigenvalue weighted by atomic mass is 16.5. The summed E-state index contributed by atoms with van der Waals surface area (Å²) in [4.78, 5) is 67.9. The summed E-state index contributed by atoms with van der Waals surface area (Å²) in [6, 6.07) is 11.6. The minimum absolute atomic E-state index is 0.0151. The highest BCUT2D eigenvalue weighted by Gasteiger charge is 2.45. The van der Waals surface area contributed by atoms with E-state index in [1.165, 1.54) is 0 Å². The summed E-state index contributed by atoms with van der Waals surface area (Å²) in [5.74, 6) is -2.47. The third-order valence-electron chi connectivity index (χ3n) is 10.4. The summed E-state index contributed by atoms with van der Waals surface area (Å²) in [6.07, 6.45) is 6.08. The number of carbonyl (C=O) groups is 5. The molecular weight excluding hydrogens is 750 g/mol. The first kappa shape index (κ1) is 40.2. The highest BCUT2D eigenvalue weighted by Crippen LogP contribution is 2.33. The number of primary amides is 1. The van der Waals surface area contributed by atoms with Crippen LogP contribution in [0.3, 0.4) is 0 Å². The summed E-state index contributed by atoms with van der Waals surface area (Å²) in [5.41, 5.74) is 14.4. The Hall–Kier alpha value is -6.02. The van der Waals surface area contributed by atoms with Gasteiger partial charge in [0.05, 0.1) is 56.3 Å². The number of imide groups is 2. The van der Waals surface area contributed by atoms with Crippen LogP contribution in [0.15, 0.2) is 48.7 Å². The molecule has 1 aliphatic carbocycles. The number of rotatable bonds is 19. The molecule has 3 aliphatic rings. The Kier molecular flexibility index (Phi) is 12.8. The molecule has 1 unspecified atom stereocenters. The molecule has 3 atom stereocenters. The van der Waals surface area contributed by atoms with E-state index in [0.29, 0.717) is 58.4 Å². The summed E-state index contributed by atoms with van der Waals surface area (Å²) in [7, 11) is 0. The predicted molar refractivity (Wildman–Crippen MR) is 211 cm³/mol. The van der Waals surface area contributed by atoms with Crippen molar-refractivity contribution in [3.8, 4) is 0 Å². The van der Waals surface area contributed by atoms with Crippen LogP contribution in [0.2, 0.25) is 0 Å². The third-order valence-corrected chi connectivity index (χ3v) is 10.4. The van der Waals surface area contributed by atoms with E-state index in [0.717, 1.165) is 47.2 Å². The SMILES string of the molecule is NC(=O)c1nnc(N[C@@H]2CCCC[C@@H]2N)nc1Nc1cccc2c1ccn2CCOCCOCCOCCNc1cccc2c1C(=O)N(C1CCC(=O)NC1=O)C2=O. The van der Waals surface area contributed by atoms with Crippen LogP contribution in [-0.2, 0) is 30.3 Å². The van der Waals surface area contributed by atoms with Crippen LogP contribution >= 0.6 is 0 Å². The van der Waals surface area contributed by atoms with Crippen molar-refractivity contribution in [2.45, 2.75) is 63.2 Å². The number of piperidine rings is 1. The molecule has 19 nitrogen and oxygen atoms in total. The van der Waals surface area contributed by atoms with Crippen LogP contribution < -0.4 is 32.7 Å². The number of nitrogens with zero attached hydrogens (tertiary/aromatic N) is 5. The summed E-state index contributed by atoms with van der Waals surface area (Å²) in [5, 5.41) is 20.9. The monoisotopic (exact) mass is 797 g/mol. The molecule has 306 valence electrons. The molecule has 7 rings (SSSR count). The lowest BCUT2D eigenvalue weighted by molar-refractivity contribution is -0.136. The van der Waals surface area contributed by atoms with Gasteiger partial charge in [-0.1, -0.05) is 25.0 Å². The summed E-state index contributed by atoms with van der Waals surface area (Å²) < 4.78 is 19.2. The van der Waals surface area contributed by atoms with Gasteiger partial charge >= 0.3 is 0 Å². The van der Waals surface area contributed by atoms with E-state index < -0.39 is 35.6 Å². The zero-order chi connectivity index (χ0) is 40.6. The number of fused-ring (bicyclic) bond motifs is 2. The first-order valence-corrected chi connectivity index (χ1v) is 19.4. The van der Waals surface area contributed by atoms with Gasteiger partial charge in [-0.2, -0.15) is 4.98 Å². The van der Waals surface area contributed by atoms with Crippen molar-refractivity contribution in [1.82, 2.24) is 30.0 Å². The first-order chi connectivity index (χ1) is 28.2. The minimum Gasteiger partial charge on any atom is -0.382 e. The van der Waals surface area contributed by atoms with Crippen LogP contribution in [0.25, 0.3) is 10.9 Å². The quantitative estimate of drug-likeness (QED) is 0.0585. The van der Waals surface area contributed by atoms with Crippen molar-refractivity contribution in [2.75, 3.05) is 62.1 Å². The van der Waals surface area contributed by atoms with Crippen molar-refractivity contribution in [2.24, 2.45) is 11.5 Å². The largest absolute Gasteiger partial charge is 0.382 e. The molecule has 19 heteroatoms. The number of amides is 5. The standard InChI is InChI=1S/C39H47N11O8/c40-25-6-1-2-7-27(25)44-39-46-35(33(34(41)52)47-48-39)43-26-8-4-10-29-23(26)13-15-49(29)16-18-57-20-22-58-21-19-56-17-14-42-28-9-3-5-24-32(28)38(55)50(37(24)54)30-11-12-31(51)45-36(30)53/h3-5,8-10,13,15,25,27,30,42H,1-2,6-7,11-12,14,16-22,40H2,(H2,41,52)(H,45,51,53)(H2,43,44,46,48)/t25-,27+,30?/m0/s1. The average molecular weight is 798 g/mol. The fraction of sp³-hybridized carbons (Fsp3) is 0.436. The maximum absolute atomic E-state index is 13.2. The molecule has 2 aromatic heterocycles. The maximum atomic E-state index is 13.2. The molecule has 58 heavy (non-hydrogen) atoms. The van der Waals surface area contributed by atoms with Crippen LogP contribution in [0.1, 0.15) is 69.7 Å². The number of ether oxygens (including phenoxy) is 3. The molecule has 1 saturated heterocycles. The fourth-order valence-corrected chi connectivity index (χ4v) is 7.42. The van der Waals surface area contributed by atoms with Gasteiger partial charge in [0.25, 0.3) is 17.7 Å². The van der Waals surface area contributed by atoms with Gasteiger partial charge in [0.2, 0.25) is 17.8 Å². The van der Waals surface area contributed by atoms with Crippen molar-refractivity contribution < 1.29 is 38.2 Å². The van der Waals surface area contributed by atoms with Gasteiger partial charge in [-0.25, -0.2) is 0 Å². The zero-order valence-corrected chi connectivity index (χ0v) is 31.9. The lowest BCUT2D eigenvalue weighted by Gasteiger charge is -2.29. The Balaban J connectivity index is 0.804. The van der Waals surface area contributed by atoms with Crippen molar-refractivity contribution >= 4 is 63.6 Å². The van der Waals surface area contributed by atoms with Crippen molar-refractivity contribution in [1.29, 1.82) is 0 Å². The van der Waals surface area contributed by atoms with E-state index in [-0.39, 0.29) is 53.5 Å². The first-order valence-electron chi connectivity index (χ1n) is 19.4. The minimum atomic E-state index is -1.02. The number of hydrogen-bond acceptors (Lipinski definition) is 15. The van der Waals surface area contributed by atoms with Crippen molar-refractivity contribution in [3.05, 3.63) is 65.5 Å². The smallest absolute Gasteiger partial charge is 0.273 e. The van der Waals surface area contributed by atoms with Gasteiger partial charge in [-0.05, 0) is 49.6 Å². The summed E-state index contributed by atoms with van der Waals surface area (Å²) in [6.45, 7) is 3.23. The molecule has 8 N–H and O–H groups in total. The normalized spacial score (nSPS) is 19.3. The van der Waals surface area contributed by atoms with Gasteiger partial charge in [-0.3, -0.25) is 34.2 Å². The topological polar surface area (TPSA) is 260 Å². The van der Waals surface area contributed by atoms with E-state index in [1.807, 2.05) is 30.5 Å². The molecule has 4 aromatic rings. The number of nitrogens with one attached hydrogen (secondary N) is 4. The third kappa shape index (κ3) is 9.07. The van der Waals surface area contributed by atoms with E-state index in [2.05, 4.69) is 41.0 Å². The zero-order valence-electron chi connectivity index (χ0n) is 31.9. The Morgan fingerprint density at radius 2 is 1.60 bits per heavy atom. The molecule has 0 bridgehead atoms. The lowest BCUT2D eigenvalue weighted by atomic mass is 9.91. The van der Waals surface area contributed by atoms with Gasteiger partial charge in [-0.15, -0.1) is 10.2 Å². The molecule has 4 heterocycles. The molecule has 2 fully saturated rings. The van der Waals surface area contributed by atoms with E-state index in [9.17, 15) is 24.0 Å². The highest BCUT2D eigenvalue weighted by molar-refractivity contribution is 6.25. The molecule has 1 saturated carbocycles. The Morgan fingerprint density at radius 3 is 2.38 bits per heavy atom. The number of carbonyl (C=O) groups excluding carboxylic acids is 5. The van der Waals surface area contributed by atoms with Crippen molar-refractivity contribution in [3.63, 3.8) is 0 Å². The Bertz CT molecular complexity index is 2180. The van der Waals surface area contributed by atoms with Crippen LogP contribution in [0.4, 0.5) is 23.1 Å². The molecule has 0 radical (unpaired) electrons. The molecule has 5 amide bonds. The van der Waals surface area contributed by atoms with Gasteiger partial charge in [0.1, 0.15) is 6.04 Å². The number of aromatic nitrogens is 4. The van der Waals surface area contributed by atoms with E-state index in [1.54, 1.807) is 18.2 Å². The van der Waals surface area contributed by atoms with Crippen LogP contribution in [0.5, 0.6) is 0 Å². The second kappa shape index (κ2) is 18.5. The second-order valence-electron chi connectivity index (χ2n) is 14.2. The molecular formula is C39H47N11O8. The number of anilines is 4. The fourth-order valence-electron chi connectivity index (χ4n) is 7.42. The Labute approximate surface area is 333 Å². The van der Waals surface area contributed by atoms with E-state index in [4.69, 9.17) is 25.7 Å². The predicted octanol–water partition coefficient (Wildman–Crippen LogP) is 1.91.